The number of carbonyl (C=O) groups excluding carboxylic acids is 1. The summed E-state index contributed by atoms with van der Waals surface area (Å²) < 4.78 is 0. The van der Waals surface area contributed by atoms with Gasteiger partial charge in [0.1, 0.15) is 5.75 Å². The molecule has 1 aromatic carbocycles. The van der Waals surface area contributed by atoms with Crippen LogP contribution in [0.15, 0.2) is 42.7 Å². The molecule has 6 nitrogen and oxygen atoms in total. The van der Waals surface area contributed by atoms with Crippen LogP contribution in [0.2, 0.25) is 0 Å². The Balaban J connectivity index is 1.43. The number of nitrogens with one attached hydrogen (secondary N) is 1. The molecule has 2 N–H and O–H groups in total. The number of piperidine rings is 1. The van der Waals surface area contributed by atoms with E-state index in [4.69, 9.17) is 0 Å². The van der Waals surface area contributed by atoms with E-state index in [0.29, 0.717) is 12.8 Å². The van der Waals surface area contributed by atoms with Crippen LogP contribution < -0.4 is 10.2 Å². The second-order valence-corrected chi connectivity index (χ2v) is 6.01. The van der Waals surface area contributed by atoms with Gasteiger partial charge in [0.15, 0.2) is 0 Å². The highest BCUT2D eigenvalue weighted by Crippen LogP contribution is 2.18. The number of aromatic hydroxyl groups is 1. The predicted octanol–water partition coefficient (Wildman–Crippen LogP) is 1.90. The summed E-state index contributed by atoms with van der Waals surface area (Å²) in [5.41, 5.74) is 0.809. The first-order valence-electron chi connectivity index (χ1n) is 8.30. The average molecular weight is 326 g/mol. The zero-order valence-electron chi connectivity index (χ0n) is 13.6. The second kappa shape index (κ2) is 7.77. The summed E-state index contributed by atoms with van der Waals surface area (Å²) in [6.07, 6.45) is 6.21. The van der Waals surface area contributed by atoms with Crippen molar-refractivity contribution in [3.8, 4) is 5.75 Å². The smallest absolute Gasteiger partial charge is 0.225 e. The van der Waals surface area contributed by atoms with Crippen molar-refractivity contribution in [2.45, 2.75) is 31.7 Å². The summed E-state index contributed by atoms with van der Waals surface area (Å²) >= 11 is 0. The number of rotatable bonds is 5. The predicted molar refractivity (Wildman–Crippen MR) is 91.8 cm³/mol. The molecule has 1 amide bonds. The molecule has 0 unspecified atom stereocenters. The van der Waals surface area contributed by atoms with Crippen LogP contribution in [0.3, 0.4) is 0 Å². The largest absolute Gasteiger partial charge is 0.508 e. The number of aromatic nitrogens is 2. The first kappa shape index (κ1) is 16.2. The molecule has 0 saturated carbocycles. The van der Waals surface area contributed by atoms with Crippen molar-refractivity contribution >= 4 is 11.9 Å². The van der Waals surface area contributed by atoms with Crippen LogP contribution in [0.5, 0.6) is 5.75 Å². The Morgan fingerprint density at radius 1 is 1.17 bits per heavy atom. The summed E-state index contributed by atoms with van der Waals surface area (Å²) in [7, 11) is 0. The molecule has 0 radical (unpaired) electrons. The van der Waals surface area contributed by atoms with Gasteiger partial charge in [-0.15, -0.1) is 0 Å². The zero-order valence-corrected chi connectivity index (χ0v) is 13.6. The molecule has 0 aliphatic carbocycles. The maximum absolute atomic E-state index is 12.1. The van der Waals surface area contributed by atoms with Gasteiger partial charge >= 0.3 is 0 Å². The SMILES string of the molecule is O=C(CCc1ccccc1O)NC1CCN(c2ncccn2)CC1. The normalized spacial score (nSPS) is 15.2. The van der Waals surface area contributed by atoms with E-state index in [0.717, 1.165) is 37.4 Å². The van der Waals surface area contributed by atoms with E-state index < -0.39 is 0 Å². The zero-order chi connectivity index (χ0) is 16.8. The highest BCUT2D eigenvalue weighted by atomic mass is 16.3. The quantitative estimate of drug-likeness (QED) is 0.877. The van der Waals surface area contributed by atoms with Gasteiger partial charge in [-0.3, -0.25) is 4.79 Å². The number of hydrogen-bond donors (Lipinski definition) is 2. The van der Waals surface area contributed by atoms with Crippen LogP contribution in [0.25, 0.3) is 0 Å². The van der Waals surface area contributed by atoms with Crippen molar-refractivity contribution in [2.75, 3.05) is 18.0 Å². The number of anilines is 1. The number of nitrogens with zero attached hydrogens (tertiary/aromatic N) is 3. The number of carbonyl (C=O) groups is 1. The fraction of sp³-hybridized carbons (Fsp3) is 0.389. The van der Waals surface area contributed by atoms with Crippen molar-refractivity contribution in [3.05, 3.63) is 48.3 Å². The van der Waals surface area contributed by atoms with Crippen molar-refractivity contribution in [2.24, 2.45) is 0 Å². The van der Waals surface area contributed by atoms with E-state index in [1.54, 1.807) is 30.6 Å². The van der Waals surface area contributed by atoms with Crippen LogP contribution in [-0.2, 0) is 11.2 Å². The Kier molecular flexibility index (Phi) is 5.25. The summed E-state index contributed by atoms with van der Waals surface area (Å²) in [4.78, 5) is 22.8. The lowest BCUT2D eigenvalue weighted by Gasteiger charge is -2.32. The van der Waals surface area contributed by atoms with Gasteiger partial charge in [0.2, 0.25) is 11.9 Å². The highest BCUT2D eigenvalue weighted by Gasteiger charge is 2.22. The third-order valence-electron chi connectivity index (χ3n) is 4.31. The molecule has 0 bridgehead atoms. The first-order valence-corrected chi connectivity index (χ1v) is 8.30. The second-order valence-electron chi connectivity index (χ2n) is 6.01. The molecule has 1 saturated heterocycles. The van der Waals surface area contributed by atoms with Gasteiger partial charge in [0, 0.05) is 37.9 Å². The molecule has 2 aromatic rings. The average Bonchev–Trinajstić information content (AvgIpc) is 2.62. The van der Waals surface area contributed by atoms with Gasteiger partial charge < -0.3 is 15.3 Å². The number of para-hydroxylation sites is 1. The van der Waals surface area contributed by atoms with Gasteiger partial charge in [0.25, 0.3) is 0 Å². The Bertz CT molecular complexity index is 670. The summed E-state index contributed by atoms with van der Waals surface area (Å²) in [5.74, 6) is 1.04. The van der Waals surface area contributed by atoms with Crippen LogP contribution in [0, 0.1) is 0 Å². The van der Waals surface area contributed by atoms with Crippen LogP contribution in [0.1, 0.15) is 24.8 Å². The third kappa shape index (κ3) is 4.22. The molecule has 3 rings (SSSR count). The Labute approximate surface area is 141 Å². The molecule has 24 heavy (non-hydrogen) atoms. The molecule has 6 heteroatoms. The fourth-order valence-electron chi connectivity index (χ4n) is 2.95. The number of hydrogen-bond acceptors (Lipinski definition) is 5. The minimum atomic E-state index is 0.0349. The number of aryl methyl sites for hydroxylation is 1. The number of phenolic OH excluding ortho intramolecular Hbond substituents is 1. The summed E-state index contributed by atoms with van der Waals surface area (Å²) in [6.45, 7) is 1.68. The highest BCUT2D eigenvalue weighted by molar-refractivity contribution is 5.76. The maximum atomic E-state index is 12.1. The lowest BCUT2D eigenvalue weighted by atomic mass is 10.0. The van der Waals surface area contributed by atoms with E-state index in [2.05, 4.69) is 20.2 Å². The molecule has 1 aromatic heterocycles. The molecule has 0 spiro atoms. The number of amides is 1. The summed E-state index contributed by atoms with van der Waals surface area (Å²) in [6, 6.07) is 9.15. The van der Waals surface area contributed by atoms with Gasteiger partial charge in [-0.2, -0.15) is 0 Å². The van der Waals surface area contributed by atoms with Crippen molar-refractivity contribution < 1.29 is 9.90 Å². The van der Waals surface area contributed by atoms with E-state index in [1.165, 1.54) is 0 Å². The van der Waals surface area contributed by atoms with Crippen LogP contribution >= 0.6 is 0 Å². The van der Waals surface area contributed by atoms with E-state index in [1.807, 2.05) is 12.1 Å². The first-order chi connectivity index (χ1) is 11.7. The topological polar surface area (TPSA) is 78.4 Å². The van der Waals surface area contributed by atoms with Crippen molar-refractivity contribution in [1.29, 1.82) is 0 Å². The molecule has 126 valence electrons. The molecular formula is C18H22N4O2. The molecule has 0 atom stereocenters. The van der Waals surface area contributed by atoms with Crippen molar-refractivity contribution in [3.63, 3.8) is 0 Å². The van der Waals surface area contributed by atoms with E-state index in [-0.39, 0.29) is 17.7 Å². The molecule has 2 heterocycles. The number of phenols is 1. The van der Waals surface area contributed by atoms with Crippen LogP contribution in [-0.4, -0.2) is 40.1 Å². The van der Waals surface area contributed by atoms with Gasteiger partial charge in [0.05, 0.1) is 0 Å². The lowest BCUT2D eigenvalue weighted by Crippen LogP contribution is -2.45. The Morgan fingerprint density at radius 3 is 2.58 bits per heavy atom. The Hall–Kier alpha value is -2.63. The molecule has 1 fully saturated rings. The summed E-state index contributed by atoms with van der Waals surface area (Å²) in [5, 5.41) is 12.8. The van der Waals surface area contributed by atoms with Crippen molar-refractivity contribution in [1.82, 2.24) is 15.3 Å². The van der Waals surface area contributed by atoms with E-state index >= 15 is 0 Å². The standard InChI is InChI=1S/C18H22N4O2/c23-16-5-2-1-4-14(16)6-7-17(24)21-15-8-12-22(13-9-15)18-19-10-3-11-20-18/h1-5,10-11,15,23H,6-9,12-13H2,(H,21,24). The lowest BCUT2D eigenvalue weighted by molar-refractivity contribution is -0.121. The van der Waals surface area contributed by atoms with E-state index in [9.17, 15) is 9.90 Å². The van der Waals surface area contributed by atoms with Gasteiger partial charge in [-0.25, -0.2) is 9.97 Å². The maximum Gasteiger partial charge on any atom is 0.225 e. The number of benzene rings is 1. The molecule has 1 aliphatic rings. The third-order valence-corrected chi connectivity index (χ3v) is 4.31. The fourth-order valence-corrected chi connectivity index (χ4v) is 2.95. The minimum Gasteiger partial charge on any atom is -0.508 e. The van der Waals surface area contributed by atoms with Gasteiger partial charge in [-0.05, 0) is 37.0 Å². The minimum absolute atomic E-state index is 0.0349. The van der Waals surface area contributed by atoms with Gasteiger partial charge in [-0.1, -0.05) is 18.2 Å². The monoisotopic (exact) mass is 326 g/mol. The molecular weight excluding hydrogens is 304 g/mol. The Morgan fingerprint density at radius 2 is 1.88 bits per heavy atom. The van der Waals surface area contributed by atoms with Crippen LogP contribution in [0.4, 0.5) is 5.95 Å². The molecule has 1 aliphatic heterocycles.